The molecule has 30 heavy (non-hydrogen) atoms. The molecule has 8 heteroatoms. The Labute approximate surface area is 177 Å². The molecule has 1 fully saturated rings. The van der Waals surface area contributed by atoms with Crippen LogP contribution in [0.25, 0.3) is 0 Å². The van der Waals surface area contributed by atoms with Gasteiger partial charge in [-0.15, -0.1) is 0 Å². The third-order valence-electron chi connectivity index (χ3n) is 6.05. The van der Waals surface area contributed by atoms with E-state index in [-0.39, 0.29) is 17.9 Å². The number of fused-ring (bicyclic) bond motifs is 1. The molecule has 4 rings (SSSR count). The van der Waals surface area contributed by atoms with Crippen LogP contribution in [0.15, 0.2) is 24.3 Å². The van der Waals surface area contributed by atoms with E-state index in [2.05, 4.69) is 56.4 Å². The van der Waals surface area contributed by atoms with Crippen LogP contribution in [-0.2, 0) is 4.79 Å². The second-order valence-electron chi connectivity index (χ2n) is 7.99. The van der Waals surface area contributed by atoms with Crippen molar-refractivity contribution in [2.75, 3.05) is 53.7 Å². The number of aromatic nitrogens is 2. The highest BCUT2D eigenvalue weighted by Crippen LogP contribution is 2.36. The van der Waals surface area contributed by atoms with Gasteiger partial charge in [0.1, 0.15) is 23.3 Å². The number of piperazine rings is 1. The first kappa shape index (κ1) is 20.3. The monoisotopic (exact) mass is 410 g/mol. The van der Waals surface area contributed by atoms with Crippen LogP contribution in [0.1, 0.15) is 26.1 Å². The molecule has 0 aliphatic carbocycles. The van der Waals surface area contributed by atoms with Crippen LogP contribution in [0.5, 0.6) is 5.75 Å². The smallest absolute Gasteiger partial charge is 0.247 e. The molecular weight excluding hydrogens is 380 g/mol. The van der Waals surface area contributed by atoms with E-state index in [1.54, 1.807) is 7.11 Å². The quantitative estimate of drug-likeness (QED) is 0.784. The summed E-state index contributed by atoms with van der Waals surface area (Å²) < 4.78 is 5.25. The summed E-state index contributed by atoms with van der Waals surface area (Å²) in [4.78, 5) is 26.5. The van der Waals surface area contributed by atoms with E-state index in [9.17, 15) is 4.79 Å². The number of hydrogen-bond donors (Lipinski definition) is 2. The Morgan fingerprint density at radius 2 is 1.80 bits per heavy atom. The first-order valence-electron chi connectivity index (χ1n) is 10.6. The molecule has 0 radical (unpaired) electrons. The lowest BCUT2D eigenvalue weighted by molar-refractivity contribution is -0.118. The number of methoxy groups -OCH3 is 1. The number of nitrogens with one attached hydrogen (secondary N) is 2. The number of ether oxygens (including phenoxy) is 1. The Balaban J connectivity index is 1.52. The number of benzene rings is 1. The molecule has 2 unspecified atom stereocenters. The van der Waals surface area contributed by atoms with Crippen molar-refractivity contribution in [2.24, 2.45) is 5.92 Å². The summed E-state index contributed by atoms with van der Waals surface area (Å²) in [5.41, 5.74) is 1.88. The average molecular weight is 411 g/mol. The maximum absolute atomic E-state index is 12.7. The Morgan fingerprint density at radius 1 is 1.13 bits per heavy atom. The lowest BCUT2D eigenvalue weighted by atomic mass is 9.97. The number of nitrogens with zero attached hydrogens (tertiary/aromatic N) is 4. The van der Waals surface area contributed by atoms with Crippen molar-refractivity contribution in [3.63, 3.8) is 0 Å². The maximum Gasteiger partial charge on any atom is 0.247 e. The highest BCUT2D eigenvalue weighted by Gasteiger charge is 2.33. The number of rotatable bonds is 5. The summed E-state index contributed by atoms with van der Waals surface area (Å²) in [5, 5.41) is 6.43. The number of carbonyl (C=O) groups is 1. The Kier molecular flexibility index (Phi) is 5.65. The standard InChI is InChI=1S/C22H30N6O2/c1-5-14(2)18-22(29)26-19-20(25-18)23-15(3)24-21(19)28-12-10-27(11-13-28)16-6-8-17(30-4)9-7-16/h6-9,14,18H,5,10-13H2,1-4H3,(H,26,29)(H,23,24,25). The van der Waals surface area contributed by atoms with E-state index >= 15 is 0 Å². The van der Waals surface area contributed by atoms with Crippen molar-refractivity contribution in [3.05, 3.63) is 30.1 Å². The highest BCUT2D eigenvalue weighted by atomic mass is 16.5. The van der Waals surface area contributed by atoms with Crippen LogP contribution < -0.4 is 25.2 Å². The summed E-state index contributed by atoms with van der Waals surface area (Å²) >= 11 is 0. The van der Waals surface area contributed by atoms with Gasteiger partial charge < -0.3 is 25.2 Å². The lowest BCUT2D eigenvalue weighted by Crippen LogP contribution is -2.48. The first-order chi connectivity index (χ1) is 14.5. The van der Waals surface area contributed by atoms with Crippen LogP contribution in [0, 0.1) is 12.8 Å². The van der Waals surface area contributed by atoms with Crippen molar-refractivity contribution in [2.45, 2.75) is 33.2 Å². The molecule has 8 nitrogen and oxygen atoms in total. The topological polar surface area (TPSA) is 82.6 Å². The third kappa shape index (κ3) is 3.86. The number of anilines is 4. The zero-order valence-electron chi connectivity index (χ0n) is 18.1. The van der Waals surface area contributed by atoms with E-state index in [1.807, 2.05) is 19.1 Å². The second kappa shape index (κ2) is 8.38. The van der Waals surface area contributed by atoms with Gasteiger partial charge >= 0.3 is 0 Å². The predicted molar refractivity (Wildman–Crippen MR) is 120 cm³/mol. The zero-order chi connectivity index (χ0) is 21.3. The predicted octanol–water partition coefficient (Wildman–Crippen LogP) is 2.90. The van der Waals surface area contributed by atoms with Crippen LogP contribution in [0.3, 0.4) is 0 Å². The summed E-state index contributed by atoms with van der Waals surface area (Å²) in [6, 6.07) is 7.88. The molecule has 0 bridgehead atoms. The summed E-state index contributed by atoms with van der Waals surface area (Å²) in [7, 11) is 1.68. The Morgan fingerprint density at radius 3 is 2.43 bits per heavy atom. The van der Waals surface area contributed by atoms with E-state index in [4.69, 9.17) is 4.74 Å². The van der Waals surface area contributed by atoms with Crippen LogP contribution in [-0.4, -0.2) is 55.2 Å². The molecule has 2 N–H and O–H groups in total. The summed E-state index contributed by atoms with van der Waals surface area (Å²) in [6.07, 6.45) is 0.921. The van der Waals surface area contributed by atoms with E-state index in [1.165, 1.54) is 5.69 Å². The van der Waals surface area contributed by atoms with Gasteiger partial charge in [0.15, 0.2) is 11.6 Å². The number of aryl methyl sites for hydroxylation is 1. The molecule has 0 spiro atoms. The van der Waals surface area contributed by atoms with Crippen molar-refractivity contribution in [3.8, 4) is 5.75 Å². The van der Waals surface area contributed by atoms with Crippen LogP contribution in [0.4, 0.5) is 23.0 Å². The normalized spacial score (nSPS) is 19.6. The molecule has 3 heterocycles. The molecule has 2 aliphatic heterocycles. The van der Waals surface area contributed by atoms with E-state index in [0.717, 1.165) is 50.0 Å². The first-order valence-corrected chi connectivity index (χ1v) is 10.6. The molecule has 0 saturated carbocycles. The molecule has 1 aromatic carbocycles. The number of hydrogen-bond acceptors (Lipinski definition) is 7. The summed E-state index contributed by atoms with van der Waals surface area (Å²) in [6.45, 7) is 9.46. The van der Waals surface area contributed by atoms with Gasteiger partial charge in [0, 0.05) is 31.9 Å². The van der Waals surface area contributed by atoms with Crippen LogP contribution >= 0.6 is 0 Å². The molecule has 160 valence electrons. The van der Waals surface area contributed by atoms with Gasteiger partial charge in [0.2, 0.25) is 5.91 Å². The fourth-order valence-electron chi connectivity index (χ4n) is 4.03. The maximum atomic E-state index is 12.7. The fraction of sp³-hybridized carbons (Fsp3) is 0.500. The Bertz CT molecular complexity index is 909. The minimum absolute atomic E-state index is 0.0116. The number of carbonyl (C=O) groups excluding carboxylic acids is 1. The molecule has 2 aromatic rings. The largest absolute Gasteiger partial charge is 0.497 e. The van der Waals surface area contributed by atoms with Crippen molar-refractivity contribution in [1.29, 1.82) is 0 Å². The van der Waals surface area contributed by atoms with Gasteiger partial charge in [-0.25, -0.2) is 9.97 Å². The second-order valence-corrected chi connectivity index (χ2v) is 7.99. The van der Waals surface area contributed by atoms with Crippen molar-refractivity contribution in [1.82, 2.24) is 9.97 Å². The molecule has 1 aromatic heterocycles. The van der Waals surface area contributed by atoms with Crippen LogP contribution in [0.2, 0.25) is 0 Å². The lowest BCUT2D eigenvalue weighted by Gasteiger charge is -2.38. The molecule has 1 saturated heterocycles. The van der Waals surface area contributed by atoms with Crippen molar-refractivity contribution < 1.29 is 9.53 Å². The van der Waals surface area contributed by atoms with Gasteiger partial charge in [-0.2, -0.15) is 0 Å². The van der Waals surface area contributed by atoms with Gasteiger partial charge in [-0.05, 0) is 37.1 Å². The van der Waals surface area contributed by atoms with Gasteiger partial charge in [-0.3, -0.25) is 4.79 Å². The van der Waals surface area contributed by atoms with Gasteiger partial charge in [0.05, 0.1) is 7.11 Å². The minimum atomic E-state index is -0.267. The number of amides is 1. The zero-order valence-corrected chi connectivity index (χ0v) is 18.1. The van der Waals surface area contributed by atoms with E-state index in [0.29, 0.717) is 11.5 Å². The summed E-state index contributed by atoms with van der Waals surface area (Å²) in [5.74, 6) is 3.30. The average Bonchev–Trinajstić information content (AvgIpc) is 2.78. The van der Waals surface area contributed by atoms with Gasteiger partial charge in [-0.1, -0.05) is 20.3 Å². The molecular formula is C22H30N6O2. The fourth-order valence-corrected chi connectivity index (χ4v) is 4.03. The molecule has 1 amide bonds. The molecule has 2 aliphatic rings. The van der Waals surface area contributed by atoms with Gasteiger partial charge in [0.25, 0.3) is 0 Å². The minimum Gasteiger partial charge on any atom is -0.497 e. The molecule has 2 atom stereocenters. The SMILES string of the molecule is CCC(C)C1Nc2nc(C)nc(N3CCN(c4ccc(OC)cc4)CC3)c2NC1=O. The third-order valence-corrected chi connectivity index (χ3v) is 6.05. The Hall–Kier alpha value is -3.03. The van der Waals surface area contributed by atoms with E-state index < -0.39 is 0 Å². The highest BCUT2D eigenvalue weighted by molar-refractivity contribution is 6.05. The van der Waals surface area contributed by atoms with Crippen molar-refractivity contribution >= 4 is 28.9 Å².